The van der Waals surface area contributed by atoms with E-state index in [1.165, 1.54) is 19.3 Å². The predicted molar refractivity (Wildman–Crippen MR) is 99.9 cm³/mol. The van der Waals surface area contributed by atoms with Gasteiger partial charge in [-0.2, -0.15) is 0 Å². The third-order valence-corrected chi connectivity index (χ3v) is 5.80. The molecule has 2 heterocycles. The van der Waals surface area contributed by atoms with E-state index in [1.54, 1.807) is 0 Å². The Morgan fingerprint density at radius 3 is 2.44 bits per heavy atom. The van der Waals surface area contributed by atoms with Gasteiger partial charge in [0.25, 0.3) is 0 Å². The Kier molecular flexibility index (Phi) is 5.84. The second-order valence-electron chi connectivity index (χ2n) is 7.61. The maximum atomic E-state index is 12.4. The van der Waals surface area contributed by atoms with E-state index >= 15 is 0 Å². The number of carbonyl (C=O) groups excluding carboxylic acids is 1. The summed E-state index contributed by atoms with van der Waals surface area (Å²) in [6, 6.07) is 11.1. The Morgan fingerprint density at radius 1 is 1.16 bits per heavy atom. The second-order valence-corrected chi connectivity index (χ2v) is 7.61. The zero-order chi connectivity index (χ0) is 17.8. The van der Waals surface area contributed by atoms with Crippen molar-refractivity contribution in [2.45, 2.75) is 76.2 Å². The first-order valence-electron chi connectivity index (χ1n) is 9.53. The molecule has 138 valence electrons. The number of ether oxygens (including phenoxy) is 1. The van der Waals surface area contributed by atoms with Gasteiger partial charge in [0.15, 0.2) is 0 Å². The number of hydrogen-bond donors (Lipinski definition) is 2. The number of benzene rings is 1. The minimum atomic E-state index is -0.0926. The maximum Gasteiger partial charge on any atom is 0.315 e. The highest BCUT2D eigenvalue weighted by atomic mass is 16.5. The molecule has 0 saturated carbocycles. The van der Waals surface area contributed by atoms with Crippen LogP contribution in [0.25, 0.3) is 0 Å². The summed E-state index contributed by atoms with van der Waals surface area (Å²) < 4.78 is 5.89. The average molecular weight is 345 g/mol. The molecule has 0 aromatic heterocycles. The van der Waals surface area contributed by atoms with Gasteiger partial charge in [-0.05, 0) is 58.7 Å². The summed E-state index contributed by atoms with van der Waals surface area (Å²) in [5, 5.41) is 6.22. The lowest BCUT2D eigenvalue weighted by Gasteiger charge is -2.47. The van der Waals surface area contributed by atoms with Gasteiger partial charge in [0.2, 0.25) is 0 Å². The Hall–Kier alpha value is -1.75. The number of piperidine rings is 2. The van der Waals surface area contributed by atoms with Crippen molar-refractivity contribution in [3.63, 3.8) is 0 Å². The summed E-state index contributed by atoms with van der Waals surface area (Å²) in [5.74, 6) is 0.826. The molecule has 5 heteroatoms. The Balaban J connectivity index is 1.45. The number of amides is 2. The van der Waals surface area contributed by atoms with Gasteiger partial charge >= 0.3 is 6.03 Å². The van der Waals surface area contributed by atoms with Crippen molar-refractivity contribution in [3.8, 4) is 5.75 Å². The van der Waals surface area contributed by atoms with E-state index in [0.717, 1.165) is 18.6 Å². The molecule has 0 aliphatic carbocycles. The molecule has 5 nitrogen and oxygen atoms in total. The summed E-state index contributed by atoms with van der Waals surface area (Å²) in [6.07, 6.45) is 5.86. The van der Waals surface area contributed by atoms with E-state index in [2.05, 4.69) is 22.6 Å². The van der Waals surface area contributed by atoms with Gasteiger partial charge in [0.1, 0.15) is 11.9 Å². The fourth-order valence-electron chi connectivity index (χ4n) is 4.10. The third kappa shape index (κ3) is 4.66. The van der Waals surface area contributed by atoms with Gasteiger partial charge in [0.05, 0.1) is 6.04 Å². The van der Waals surface area contributed by atoms with Crippen molar-refractivity contribution in [3.05, 3.63) is 30.3 Å². The van der Waals surface area contributed by atoms with Gasteiger partial charge < -0.3 is 20.3 Å². The lowest BCUT2D eigenvalue weighted by atomic mass is 9.82. The van der Waals surface area contributed by atoms with Crippen molar-refractivity contribution in [1.82, 2.24) is 15.5 Å². The minimum Gasteiger partial charge on any atom is -0.489 e. The number of hydrogen-bond acceptors (Lipinski definition) is 3. The van der Waals surface area contributed by atoms with E-state index in [9.17, 15) is 4.79 Å². The van der Waals surface area contributed by atoms with E-state index in [-0.39, 0.29) is 24.2 Å². The fourth-order valence-corrected chi connectivity index (χ4v) is 4.10. The maximum absolute atomic E-state index is 12.4. The molecule has 2 saturated heterocycles. The average Bonchev–Trinajstić information content (AvgIpc) is 2.56. The molecular weight excluding hydrogens is 314 g/mol. The molecule has 1 aromatic rings. The van der Waals surface area contributed by atoms with Gasteiger partial charge in [-0.25, -0.2) is 4.79 Å². The Labute approximate surface area is 151 Å². The number of para-hydroxylation sites is 1. The highest BCUT2D eigenvalue weighted by molar-refractivity contribution is 5.74. The number of rotatable bonds is 5. The first kappa shape index (κ1) is 18.1. The van der Waals surface area contributed by atoms with Crippen LogP contribution in [0.2, 0.25) is 0 Å². The molecule has 2 aliphatic rings. The zero-order valence-corrected chi connectivity index (χ0v) is 15.6. The molecular formula is C20H31N3O2. The molecule has 25 heavy (non-hydrogen) atoms. The molecule has 0 spiro atoms. The zero-order valence-electron chi connectivity index (χ0n) is 15.6. The van der Waals surface area contributed by atoms with Gasteiger partial charge in [-0.15, -0.1) is 0 Å². The van der Waals surface area contributed by atoms with Crippen LogP contribution in [0.5, 0.6) is 5.75 Å². The number of nitrogens with one attached hydrogen (secondary N) is 2. The van der Waals surface area contributed by atoms with Crippen molar-refractivity contribution in [2.24, 2.45) is 0 Å². The van der Waals surface area contributed by atoms with Crippen LogP contribution in [0.15, 0.2) is 30.3 Å². The SMILES string of the molecule is CC(NC(=O)NC1CC2CCCC(C1)N2C)C(C)Oc1ccccc1. The second kappa shape index (κ2) is 8.09. The lowest BCUT2D eigenvalue weighted by molar-refractivity contribution is 0.0506. The number of urea groups is 1. The monoisotopic (exact) mass is 345 g/mol. The van der Waals surface area contributed by atoms with Gasteiger partial charge in [-0.1, -0.05) is 24.6 Å². The van der Waals surface area contributed by atoms with E-state index in [4.69, 9.17) is 4.74 Å². The number of nitrogens with zero attached hydrogens (tertiary/aromatic N) is 1. The van der Waals surface area contributed by atoms with Crippen molar-refractivity contribution in [2.75, 3.05) is 7.05 Å². The summed E-state index contributed by atoms with van der Waals surface area (Å²) in [4.78, 5) is 14.9. The van der Waals surface area contributed by atoms with Crippen molar-refractivity contribution >= 4 is 6.03 Å². The van der Waals surface area contributed by atoms with Crippen LogP contribution in [-0.4, -0.2) is 48.3 Å². The van der Waals surface area contributed by atoms with Crippen LogP contribution >= 0.6 is 0 Å². The van der Waals surface area contributed by atoms with Crippen molar-refractivity contribution in [1.29, 1.82) is 0 Å². The molecule has 4 atom stereocenters. The summed E-state index contributed by atoms with van der Waals surface area (Å²) >= 11 is 0. The van der Waals surface area contributed by atoms with Crippen LogP contribution in [0.1, 0.15) is 46.0 Å². The van der Waals surface area contributed by atoms with Gasteiger partial charge in [0, 0.05) is 18.1 Å². The number of carbonyl (C=O) groups is 1. The molecule has 0 radical (unpaired) electrons. The molecule has 4 unspecified atom stereocenters. The Morgan fingerprint density at radius 2 is 1.80 bits per heavy atom. The molecule has 2 aliphatic heterocycles. The molecule has 2 amide bonds. The first-order chi connectivity index (χ1) is 12.0. The summed E-state index contributed by atoms with van der Waals surface area (Å²) in [7, 11) is 2.23. The van der Waals surface area contributed by atoms with Crippen molar-refractivity contribution < 1.29 is 9.53 Å². The largest absolute Gasteiger partial charge is 0.489 e. The minimum absolute atomic E-state index is 0.0639. The molecule has 2 bridgehead atoms. The molecule has 2 N–H and O–H groups in total. The van der Waals surface area contributed by atoms with E-state index in [0.29, 0.717) is 12.1 Å². The van der Waals surface area contributed by atoms with Crippen LogP contribution < -0.4 is 15.4 Å². The Bertz CT molecular complexity index is 551. The molecule has 1 aromatic carbocycles. The third-order valence-electron chi connectivity index (χ3n) is 5.80. The lowest BCUT2D eigenvalue weighted by Crippen LogP contribution is -2.57. The summed E-state index contributed by atoms with van der Waals surface area (Å²) in [5.41, 5.74) is 0. The molecule has 2 fully saturated rings. The predicted octanol–water partition coefficient (Wildman–Crippen LogP) is 3.16. The first-order valence-corrected chi connectivity index (χ1v) is 9.53. The smallest absolute Gasteiger partial charge is 0.315 e. The van der Waals surface area contributed by atoms with Gasteiger partial charge in [-0.3, -0.25) is 0 Å². The van der Waals surface area contributed by atoms with Crippen LogP contribution in [0, 0.1) is 0 Å². The topological polar surface area (TPSA) is 53.6 Å². The van der Waals surface area contributed by atoms with Crippen LogP contribution in [-0.2, 0) is 0 Å². The quantitative estimate of drug-likeness (QED) is 0.862. The normalized spacial score (nSPS) is 28.7. The standard InChI is InChI=1S/C20H31N3O2/c1-14(15(2)25-19-10-5-4-6-11-19)21-20(24)22-16-12-17-8-7-9-18(13-16)23(17)3/h4-6,10-11,14-18H,7-9,12-13H2,1-3H3,(H2,21,22,24). The van der Waals surface area contributed by atoms with E-state index in [1.807, 2.05) is 44.2 Å². The molecule has 3 rings (SSSR count). The summed E-state index contributed by atoms with van der Waals surface area (Å²) in [6.45, 7) is 3.97. The highest BCUT2D eigenvalue weighted by Gasteiger charge is 2.36. The number of fused-ring (bicyclic) bond motifs is 2. The van der Waals surface area contributed by atoms with E-state index < -0.39 is 0 Å². The fraction of sp³-hybridized carbons (Fsp3) is 0.650. The van der Waals surface area contributed by atoms with Crippen LogP contribution in [0.3, 0.4) is 0 Å². The van der Waals surface area contributed by atoms with Crippen LogP contribution in [0.4, 0.5) is 4.79 Å². The highest BCUT2D eigenvalue weighted by Crippen LogP contribution is 2.32.